The summed E-state index contributed by atoms with van der Waals surface area (Å²) >= 11 is 0. The maximum atomic E-state index is 13.3. The summed E-state index contributed by atoms with van der Waals surface area (Å²) in [7, 11) is 0. The van der Waals surface area contributed by atoms with Gasteiger partial charge in [0.25, 0.3) is 0 Å². The van der Waals surface area contributed by atoms with Gasteiger partial charge in [-0.1, -0.05) is 12.1 Å². The van der Waals surface area contributed by atoms with E-state index in [9.17, 15) is 4.39 Å². The van der Waals surface area contributed by atoms with Gasteiger partial charge in [-0.15, -0.1) is 0 Å². The molecule has 2 rings (SSSR count). The molecule has 1 aromatic carbocycles. The molecule has 0 saturated heterocycles. The minimum absolute atomic E-state index is 0.260. The SMILES string of the molecule is CCn1cc(COc2ccccc2F)nc1C. The summed E-state index contributed by atoms with van der Waals surface area (Å²) in [6.07, 6.45) is 1.93. The number of imidazole rings is 1. The standard InChI is InChI=1S/C13H15FN2O/c1-3-16-8-11(15-10(16)2)9-17-13-7-5-4-6-12(13)14/h4-8H,3,9H2,1-2H3. The molecule has 17 heavy (non-hydrogen) atoms. The molecule has 0 N–H and O–H groups in total. The van der Waals surface area contributed by atoms with Gasteiger partial charge in [-0.05, 0) is 26.0 Å². The van der Waals surface area contributed by atoms with Crippen molar-refractivity contribution in [3.05, 3.63) is 47.8 Å². The number of benzene rings is 1. The Balaban J connectivity index is 2.05. The molecule has 3 nitrogen and oxygen atoms in total. The van der Waals surface area contributed by atoms with Gasteiger partial charge in [-0.25, -0.2) is 9.37 Å². The minimum Gasteiger partial charge on any atom is -0.484 e. The highest BCUT2D eigenvalue weighted by Crippen LogP contribution is 2.16. The van der Waals surface area contributed by atoms with Crippen molar-refractivity contribution in [2.24, 2.45) is 0 Å². The zero-order chi connectivity index (χ0) is 12.3. The van der Waals surface area contributed by atoms with E-state index in [0.717, 1.165) is 18.1 Å². The topological polar surface area (TPSA) is 27.1 Å². The van der Waals surface area contributed by atoms with Gasteiger partial charge in [-0.2, -0.15) is 0 Å². The Kier molecular flexibility index (Phi) is 3.42. The van der Waals surface area contributed by atoms with Crippen molar-refractivity contribution in [1.82, 2.24) is 9.55 Å². The lowest BCUT2D eigenvalue weighted by molar-refractivity contribution is 0.286. The number of aryl methyl sites for hydroxylation is 2. The summed E-state index contributed by atoms with van der Waals surface area (Å²) in [5, 5.41) is 0. The Bertz CT molecular complexity index is 508. The normalized spacial score (nSPS) is 10.5. The van der Waals surface area contributed by atoms with E-state index < -0.39 is 0 Å². The average molecular weight is 234 g/mol. The lowest BCUT2D eigenvalue weighted by Crippen LogP contribution is -1.97. The Morgan fingerprint density at radius 3 is 2.76 bits per heavy atom. The molecule has 0 aliphatic heterocycles. The number of para-hydroxylation sites is 1. The van der Waals surface area contributed by atoms with Crippen LogP contribution in [0.15, 0.2) is 30.5 Å². The van der Waals surface area contributed by atoms with Crippen LogP contribution in [0.4, 0.5) is 4.39 Å². The molecular formula is C13H15FN2O. The quantitative estimate of drug-likeness (QED) is 0.813. The van der Waals surface area contributed by atoms with Gasteiger partial charge >= 0.3 is 0 Å². The molecular weight excluding hydrogens is 219 g/mol. The van der Waals surface area contributed by atoms with Crippen LogP contribution in [-0.2, 0) is 13.2 Å². The molecule has 0 unspecified atom stereocenters. The minimum atomic E-state index is -0.348. The molecule has 0 aliphatic carbocycles. The Labute approximate surface area is 99.9 Å². The van der Waals surface area contributed by atoms with Crippen molar-refractivity contribution in [1.29, 1.82) is 0 Å². The first-order chi connectivity index (χ1) is 8.20. The number of hydrogen-bond acceptors (Lipinski definition) is 2. The zero-order valence-electron chi connectivity index (χ0n) is 9.98. The van der Waals surface area contributed by atoms with Crippen molar-refractivity contribution in [3.8, 4) is 5.75 Å². The molecule has 0 fully saturated rings. The fourth-order valence-corrected chi connectivity index (χ4v) is 1.68. The molecule has 0 radical (unpaired) electrons. The Morgan fingerprint density at radius 1 is 1.35 bits per heavy atom. The van der Waals surface area contributed by atoms with Crippen LogP contribution < -0.4 is 4.74 Å². The lowest BCUT2D eigenvalue weighted by atomic mass is 10.3. The number of rotatable bonds is 4. The van der Waals surface area contributed by atoms with Crippen LogP contribution in [0.1, 0.15) is 18.4 Å². The van der Waals surface area contributed by atoms with Crippen LogP contribution in [0.25, 0.3) is 0 Å². The molecule has 0 amide bonds. The number of aromatic nitrogens is 2. The second-order valence-corrected chi connectivity index (χ2v) is 3.78. The molecule has 0 spiro atoms. The fraction of sp³-hybridized carbons (Fsp3) is 0.308. The van der Waals surface area contributed by atoms with Crippen molar-refractivity contribution in [3.63, 3.8) is 0 Å². The molecule has 4 heteroatoms. The summed E-state index contributed by atoms with van der Waals surface area (Å²) in [4.78, 5) is 4.34. The third-order valence-corrected chi connectivity index (χ3v) is 2.58. The van der Waals surface area contributed by atoms with E-state index in [2.05, 4.69) is 11.9 Å². The monoisotopic (exact) mass is 234 g/mol. The summed E-state index contributed by atoms with van der Waals surface area (Å²) in [5.41, 5.74) is 0.813. The first-order valence-electron chi connectivity index (χ1n) is 5.60. The molecule has 1 aromatic heterocycles. The van der Waals surface area contributed by atoms with Gasteiger partial charge in [0.05, 0.1) is 5.69 Å². The first kappa shape index (κ1) is 11.6. The molecule has 0 atom stereocenters. The zero-order valence-corrected chi connectivity index (χ0v) is 9.98. The van der Waals surface area contributed by atoms with E-state index in [4.69, 9.17) is 4.74 Å². The van der Waals surface area contributed by atoms with Gasteiger partial charge in [0.2, 0.25) is 0 Å². The highest BCUT2D eigenvalue weighted by molar-refractivity contribution is 5.23. The second-order valence-electron chi connectivity index (χ2n) is 3.78. The van der Waals surface area contributed by atoms with E-state index in [1.54, 1.807) is 18.2 Å². The van der Waals surface area contributed by atoms with E-state index in [0.29, 0.717) is 0 Å². The van der Waals surface area contributed by atoms with E-state index >= 15 is 0 Å². The summed E-state index contributed by atoms with van der Waals surface area (Å²) in [6.45, 7) is 5.15. The lowest BCUT2D eigenvalue weighted by Gasteiger charge is -2.04. The van der Waals surface area contributed by atoms with Crippen LogP contribution in [0.5, 0.6) is 5.75 Å². The second kappa shape index (κ2) is 4.99. The van der Waals surface area contributed by atoms with Crippen molar-refractivity contribution < 1.29 is 9.13 Å². The van der Waals surface area contributed by atoms with Crippen LogP contribution in [-0.4, -0.2) is 9.55 Å². The summed E-state index contributed by atoms with van der Waals surface area (Å²) in [6, 6.07) is 6.37. The maximum absolute atomic E-state index is 13.3. The Hall–Kier alpha value is -1.84. The smallest absolute Gasteiger partial charge is 0.165 e. The number of nitrogens with zero attached hydrogens (tertiary/aromatic N) is 2. The molecule has 0 bridgehead atoms. The number of ether oxygens (including phenoxy) is 1. The third-order valence-electron chi connectivity index (χ3n) is 2.58. The number of halogens is 1. The van der Waals surface area contributed by atoms with Gasteiger partial charge in [0.15, 0.2) is 11.6 Å². The predicted octanol–water partition coefficient (Wildman–Crippen LogP) is 2.93. The largest absolute Gasteiger partial charge is 0.484 e. The first-order valence-corrected chi connectivity index (χ1v) is 5.60. The predicted molar refractivity (Wildman–Crippen MR) is 63.4 cm³/mol. The highest BCUT2D eigenvalue weighted by Gasteiger charge is 2.05. The van der Waals surface area contributed by atoms with Gasteiger partial charge < -0.3 is 9.30 Å². The van der Waals surface area contributed by atoms with Gasteiger partial charge in [-0.3, -0.25) is 0 Å². The van der Waals surface area contributed by atoms with E-state index in [1.807, 2.05) is 17.7 Å². The van der Waals surface area contributed by atoms with Crippen molar-refractivity contribution in [2.75, 3.05) is 0 Å². The van der Waals surface area contributed by atoms with Crippen LogP contribution in [0.3, 0.4) is 0 Å². The summed E-state index contributed by atoms with van der Waals surface area (Å²) in [5.74, 6) is 0.856. The van der Waals surface area contributed by atoms with Crippen molar-refractivity contribution in [2.45, 2.75) is 27.0 Å². The van der Waals surface area contributed by atoms with Crippen molar-refractivity contribution >= 4 is 0 Å². The molecule has 90 valence electrons. The average Bonchev–Trinajstić information content (AvgIpc) is 2.69. The highest BCUT2D eigenvalue weighted by atomic mass is 19.1. The molecule has 1 heterocycles. The van der Waals surface area contributed by atoms with Gasteiger partial charge in [0, 0.05) is 12.7 Å². The van der Waals surface area contributed by atoms with Crippen LogP contribution >= 0.6 is 0 Å². The molecule has 0 saturated carbocycles. The van der Waals surface area contributed by atoms with Crippen LogP contribution in [0, 0.1) is 12.7 Å². The molecule has 0 aliphatic rings. The third kappa shape index (κ3) is 2.64. The summed E-state index contributed by atoms with van der Waals surface area (Å²) < 4.78 is 20.7. The molecule has 2 aromatic rings. The van der Waals surface area contributed by atoms with E-state index in [1.165, 1.54) is 6.07 Å². The van der Waals surface area contributed by atoms with Crippen LogP contribution in [0.2, 0.25) is 0 Å². The fourth-order valence-electron chi connectivity index (χ4n) is 1.68. The Morgan fingerprint density at radius 2 is 2.12 bits per heavy atom. The van der Waals surface area contributed by atoms with E-state index in [-0.39, 0.29) is 18.2 Å². The number of hydrogen-bond donors (Lipinski definition) is 0. The van der Waals surface area contributed by atoms with Gasteiger partial charge in [0.1, 0.15) is 12.4 Å². The maximum Gasteiger partial charge on any atom is 0.165 e.